The van der Waals surface area contributed by atoms with Gasteiger partial charge < -0.3 is 20.7 Å². The molecule has 3 heterocycles. The SMILES string of the molecule is Nc1ncnc2c1ncn2[C@@H]1O[C@@H](CSCc2ccc(Cl)cc2)[C@@H](O)[C@@H]1O. The van der Waals surface area contributed by atoms with Gasteiger partial charge in [0.05, 0.1) is 12.4 Å². The summed E-state index contributed by atoms with van der Waals surface area (Å²) in [5.41, 5.74) is 7.81. The maximum Gasteiger partial charge on any atom is 0.167 e. The average molecular weight is 408 g/mol. The van der Waals surface area contributed by atoms with Crippen LogP contribution >= 0.6 is 23.4 Å². The van der Waals surface area contributed by atoms with Crippen molar-refractivity contribution in [2.24, 2.45) is 0 Å². The lowest BCUT2D eigenvalue weighted by Gasteiger charge is -2.16. The highest BCUT2D eigenvalue weighted by molar-refractivity contribution is 7.98. The number of thioether (sulfide) groups is 1. The number of aromatic nitrogens is 4. The summed E-state index contributed by atoms with van der Waals surface area (Å²) in [5, 5.41) is 21.5. The summed E-state index contributed by atoms with van der Waals surface area (Å²) in [5.74, 6) is 1.53. The number of imidazole rings is 1. The largest absolute Gasteiger partial charge is 0.387 e. The van der Waals surface area contributed by atoms with Gasteiger partial charge in [0, 0.05) is 16.5 Å². The number of halogens is 1. The minimum atomic E-state index is -1.10. The Morgan fingerprint density at radius 1 is 1.15 bits per heavy atom. The van der Waals surface area contributed by atoms with E-state index in [9.17, 15) is 10.2 Å². The highest BCUT2D eigenvalue weighted by Crippen LogP contribution is 2.33. The van der Waals surface area contributed by atoms with Gasteiger partial charge in [-0.05, 0) is 17.7 Å². The van der Waals surface area contributed by atoms with Crippen LogP contribution in [0, 0.1) is 0 Å². The van der Waals surface area contributed by atoms with E-state index >= 15 is 0 Å². The molecule has 1 aliphatic heterocycles. The summed E-state index contributed by atoms with van der Waals surface area (Å²) in [4.78, 5) is 12.2. The van der Waals surface area contributed by atoms with E-state index in [0.29, 0.717) is 21.9 Å². The Balaban J connectivity index is 1.44. The molecule has 0 spiro atoms. The highest BCUT2D eigenvalue weighted by Gasteiger charge is 2.44. The molecular formula is C17H18ClN5O3S. The summed E-state index contributed by atoms with van der Waals surface area (Å²) in [6.07, 6.45) is -0.601. The second-order valence-corrected chi connectivity index (χ2v) is 7.74. The minimum absolute atomic E-state index is 0.252. The Bertz CT molecular complexity index is 938. The molecule has 0 unspecified atom stereocenters. The molecule has 0 radical (unpaired) electrons. The highest BCUT2D eigenvalue weighted by atomic mass is 35.5. The van der Waals surface area contributed by atoms with Crippen LogP contribution in [0.5, 0.6) is 0 Å². The third-order valence-corrected chi connectivity index (χ3v) is 5.82. The normalized spacial score (nSPS) is 25.3. The zero-order valence-electron chi connectivity index (χ0n) is 14.1. The lowest BCUT2D eigenvalue weighted by atomic mass is 10.1. The quantitative estimate of drug-likeness (QED) is 0.583. The molecule has 8 nitrogen and oxygen atoms in total. The Labute approximate surface area is 164 Å². The molecule has 1 fully saturated rings. The lowest BCUT2D eigenvalue weighted by molar-refractivity contribution is -0.0289. The van der Waals surface area contributed by atoms with Gasteiger partial charge in [0.1, 0.15) is 24.1 Å². The third-order valence-electron chi connectivity index (χ3n) is 4.46. The maximum atomic E-state index is 10.5. The molecule has 3 aromatic rings. The number of rotatable bonds is 5. The van der Waals surface area contributed by atoms with Crippen LogP contribution in [0.3, 0.4) is 0 Å². The van der Waals surface area contributed by atoms with E-state index < -0.39 is 24.5 Å². The van der Waals surface area contributed by atoms with Crippen LogP contribution in [0.2, 0.25) is 5.02 Å². The van der Waals surface area contributed by atoms with Crippen molar-refractivity contribution in [2.75, 3.05) is 11.5 Å². The number of fused-ring (bicyclic) bond motifs is 1. The van der Waals surface area contributed by atoms with E-state index in [2.05, 4.69) is 15.0 Å². The summed E-state index contributed by atoms with van der Waals surface area (Å²) in [7, 11) is 0. The van der Waals surface area contributed by atoms with Gasteiger partial charge in [-0.1, -0.05) is 23.7 Å². The van der Waals surface area contributed by atoms with Crippen LogP contribution in [0.4, 0.5) is 5.82 Å². The first-order valence-electron chi connectivity index (χ1n) is 8.31. The zero-order valence-corrected chi connectivity index (χ0v) is 15.7. The van der Waals surface area contributed by atoms with Crippen molar-refractivity contribution in [3.63, 3.8) is 0 Å². The molecular weight excluding hydrogens is 390 g/mol. The maximum absolute atomic E-state index is 10.5. The van der Waals surface area contributed by atoms with Crippen molar-refractivity contribution in [1.82, 2.24) is 19.5 Å². The predicted molar refractivity (Wildman–Crippen MR) is 103 cm³/mol. The van der Waals surface area contributed by atoms with Gasteiger partial charge in [-0.25, -0.2) is 15.0 Å². The molecule has 142 valence electrons. The van der Waals surface area contributed by atoms with Crippen molar-refractivity contribution in [2.45, 2.75) is 30.3 Å². The molecule has 4 rings (SSSR count). The van der Waals surface area contributed by atoms with Crippen molar-refractivity contribution in [3.05, 3.63) is 47.5 Å². The number of benzene rings is 1. The van der Waals surface area contributed by atoms with Gasteiger partial charge in [-0.3, -0.25) is 4.57 Å². The first-order valence-corrected chi connectivity index (χ1v) is 9.84. The van der Waals surface area contributed by atoms with Gasteiger partial charge in [0.15, 0.2) is 17.7 Å². The summed E-state index contributed by atoms with van der Waals surface area (Å²) >= 11 is 7.50. The van der Waals surface area contributed by atoms with Crippen LogP contribution in [0.25, 0.3) is 11.2 Å². The Morgan fingerprint density at radius 3 is 2.70 bits per heavy atom. The number of hydrogen-bond donors (Lipinski definition) is 3. The van der Waals surface area contributed by atoms with Gasteiger partial charge in [0.25, 0.3) is 0 Å². The van der Waals surface area contributed by atoms with Crippen LogP contribution < -0.4 is 5.73 Å². The van der Waals surface area contributed by atoms with E-state index in [1.165, 1.54) is 12.7 Å². The molecule has 2 aromatic heterocycles. The number of aliphatic hydroxyl groups is 2. The molecule has 0 bridgehead atoms. The fraction of sp³-hybridized carbons (Fsp3) is 0.353. The van der Waals surface area contributed by atoms with Gasteiger partial charge >= 0.3 is 0 Å². The predicted octanol–water partition coefficient (Wildman–Crippen LogP) is 1.61. The Morgan fingerprint density at radius 2 is 1.93 bits per heavy atom. The summed E-state index contributed by atoms with van der Waals surface area (Å²) in [6.45, 7) is 0. The van der Waals surface area contributed by atoms with Crippen molar-refractivity contribution < 1.29 is 14.9 Å². The molecule has 0 saturated carbocycles. The van der Waals surface area contributed by atoms with E-state index in [1.54, 1.807) is 16.3 Å². The minimum Gasteiger partial charge on any atom is -0.387 e. The average Bonchev–Trinajstić information content (AvgIpc) is 3.21. The third kappa shape index (κ3) is 3.61. The number of nitrogens with two attached hydrogens (primary N) is 1. The molecule has 0 aliphatic carbocycles. The van der Waals surface area contributed by atoms with E-state index in [-0.39, 0.29) is 5.82 Å². The van der Waals surface area contributed by atoms with Gasteiger partial charge in [-0.15, -0.1) is 0 Å². The molecule has 1 aliphatic rings. The summed E-state index contributed by atoms with van der Waals surface area (Å²) < 4.78 is 7.49. The fourth-order valence-corrected chi connectivity index (χ4v) is 4.21. The first kappa shape index (κ1) is 18.5. The van der Waals surface area contributed by atoms with Crippen molar-refractivity contribution in [3.8, 4) is 0 Å². The number of anilines is 1. The van der Waals surface area contributed by atoms with Crippen LogP contribution in [0.1, 0.15) is 11.8 Å². The van der Waals surface area contributed by atoms with Crippen LogP contribution in [-0.2, 0) is 10.5 Å². The topological polar surface area (TPSA) is 119 Å². The number of ether oxygens (including phenoxy) is 1. The number of aliphatic hydroxyl groups excluding tert-OH is 2. The van der Waals surface area contributed by atoms with Crippen LogP contribution in [-0.4, -0.2) is 53.8 Å². The Hall–Kier alpha value is -1.91. The monoisotopic (exact) mass is 407 g/mol. The second kappa shape index (κ2) is 7.61. The smallest absolute Gasteiger partial charge is 0.167 e. The zero-order chi connectivity index (χ0) is 19.0. The Kier molecular flexibility index (Phi) is 5.20. The van der Waals surface area contributed by atoms with Gasteiger partial charge in [-0.2, -0.15) is 11.8 Å². The standard InChI is InChI=1S/C17H18ClN5O3S/c18-10-3-1-9(2-4-10)5-27-6-11-13(24)14(25)17(26-11)23-8-22-12-15(19)20-7-21-16(12)23/h1-4,7-8,11,13-14,17,24-25H,5-6H2,(H2,19,20,21)/t11-,13+,14-,17+/m0/s1. The summed E-state index contributed by atoms with van der Waals surface area (Å²) in [6, 6.07) is 7.60. The van der Waals surface area contributed by atoms with Crippen molar-refractivity contribution in [1.29, 1.82) is 0 Å². The van der Waals surface area contributed by atoms with E-state index in [0.717, 1.165) is 11.3 Å². The van der Waals surface area contributed by atoms with Crippen molar-refractivity contribution >= 4 is 40.3 Å². The number of nitrogens with zero attached hydrogens (tertiary/aromatic N) is 4. The van der Waals surface area contributed by atoms with E-state index in [4.69, 9.17) is 22.1 Å². The first-order chi connectivity index (χ1) is 13.0. The number of nitrogen functional groups attached to an aromatic ring is 1. The van der Waals surface area contributed by atoms with E-state index in [1.807, 2.05) is 24.3 Å². The molecule has 1 aromatic carbocycles. The molecule has 4 atom stereocenters. The second-order valence-electron chi connectivity index (χ2n) is 6.27. The van der Waals surface area contributed by atoms with Crippen LogP contribution in [0.15, 0.2) is 36.9 Å². The molecule has 27 heavy (non-hydrogen) atoms. The number of hydrogen-bond acceptors (Lipinski definition) is 8. The molecule has 10 heteroatoms. The fourth-order valence-electron chi connectivity index (χ4n) is 3.03. The lowest BCUT2D eigenvalue weighted by Crippen LogP contribution is -2.32. The molecule has 0 amide bonds. The molecule has 1 saturated heterocycles. The molecule has 4 N–H and O–H groups in total. The van der Waals surface area contributed by atoms with Gasteiger partial charge in [0.2, 0.25) is 0 Å².